The van der Waals surface area contributed by atoms with Crippen molar-refractivity contribution in [1.29, 1.82) is 0 Å². The lowest BCUT2D eigenvalue weighted by Crippen LogP contribution is -2.02. The van der Waals surface area contributed by atoms with Crippen LogP contribution in [0.2, 0.25) is 0 Å². The van der Waals surface area contributed by atoms with E-state index in [2.05, 4.69) is 0 Å². The minimum absolute atomic E-state index is 0.0645. The molecule has 0 heterocycles. The fourth-order valence-corrected chi connectivity index (χ4v) is 1.48. The Bertz CT molecular complexity index is 591. The van der Waals surface area contributed by atoms with E-state index in [9.17, 15) is 0 Å². The van der Waals surface area contributed by atoms with Crippen molar-refractivity contribution >= 4 is 0 Å². The Labute approximate surface area is 120 Å². The van der Waals surface area contributed by atoms with Crippen molar-refractivity contribution in [2.75, 3.05) is 6.54 Å². The van der Waals surface area contributed by atoms with Gasteiger partial charge in [0, 0.05) is 6.07 Å². The molecule has 2 aromatic rings. The second kappa shape index (κ2) is 7.11. The van der Waals surface area contributed by atoms with Crippen LogP contribution in [-0.4, -0.2) is 37.2 Å². The molecule has 2 aromatic carbocycles. The zero-order valence-electron chi connectivity index (χ0n) is 11.1. The van der Waals surface area contributed by atoms with Crippen molar-refractivity contribution in [3.63, 3.8) is 0 Å². The molecule has 0 amide bonds. The van der Waals surface area contributed by atoms with E-state index in [1.807, 2.05) is 0 Å². The molecule has 0 radical (unpaired) electrons. The minimum Gasteiger partial charge on any atom is -0.508 e. The van der Waals surface area contributed by atoms with Crippen LogP contribution in [0.25, 0.3) is 0 Å². The molecule has 0 aliphatic rings. The highest BCUT2D eigenvalue weighted by molar-refractivity contribution is 5.51. The molecule has 114 valence electrons. The molecule has 0 saturated carbocycles. The van der Waals surface area contributed by atoms with Crippen LogP contribution in [-0.2, 0) is 6.42 Å². The SMILES string of the molecule is NCCc1cc(O)c(O)c(O)c1.Oc1ccc(O)c(O)c1. The van der Waals surface area contributed by atoms with E-state index in [1.165, 1.54) is 24.3 Å². The Kier molecular flexibility index (Phi) is 5.50. The van der Waals surface area contributed by atoms with Gasteiger partial charge in [-0.2, -0.15) is 0 Å². The van der Waals surface area contributed by atoms with Gasteiger partial charge in [0.1, 0.15) is 5.75 Å². The largest absolute Gasteiger partial charge is 0.508 e. The topological polar surface area (TPSA) is 147 Å². The lowest BCUT2D eigenvalue weighted by molar-refractivity contribution is 0.367. The third kappa shape index (κ3) is 4.66. The van der Waals surface area contributed by atoms with E-state index in [0.717, 1.165) is 6.07 Å². The monoisotopic (exact) mass is 295 g/mol. The van der Waals surface area contributed by atoms with Crippen LogP contribution in [0.15, 0.2) is 30.3 Å². The summed E-state index contributed by atoms with van der Waals surface area (Å²) in [7, 11) is 0. The highest BCUT2D eigenvalue weighted by atomic mass is 16.3. The average molecular weight is 295 g/mol. The second-order valence-corrected chi connectivity index (χ2v) is 4.19. The Hall–Kier alpha value is -2.80. The molecule has 7 heteroatoms. The number of hydrogen-bond donors (Lipinski definition) is 7. The fraction of sp³-hybridized carbons (Fsp3) is 0.143. The summed E-state index contributed by atoms with van der Waals surface area (Å²) >= 11 is 0. The Morgan fingerprint density at radius 2 is 1.29 bits per heavy atom. The first-order valence-corrected chi connectivity index (χ1v) is 6.00. The van der Waals surface area contributed by atoms with E-state index in [4.69, 9.17) is 36.4 Å². The molecular weight excluding hydrogens is 278 g/mol. The van der Waals surface area contributed by atoms with Crippen LogP contribution in [0, 0.1) is 0 Å². The lowest BCUT2D eigenvalue weighted by atomic mass is 10.1. The number of aromatic hydroxyl groups is 6. The van der Waals surface area contributed by atoms with Crippen molar-refractivity contribution in [2.45, 2.75) is 6.42 Å². The first-order chi connectivity index (χ1) is 9.85. The van der Waals surface area contributed by atoms with Crippen molar-refractivity contribution in [1.82, 2.24) is 0 Å². The third-order valence-corrected chi connectivity index (χ3v) is 2.52. The van der Waals surface area contributed by atoms with Gasteiger partial charge in [-0.15, -0.1) is 0 Å². The Balaban J connectivity index is 0.000000219. The quantitative estimate of drug-likeness (QED) is 0.324. The van der Waals surface area contributed by atoms with Gasteiger partial charge in [0.05, 0.1) is 0 Å². The highest BCUT2D eigenvalue weighted by Crippen LogP contribution is 2.35. The minimum atomic E-state index is -0.490. The summed E-state index contributed by atoms with van der Waals surface area (Å²) in [6.45, 7) is 0.434. The normalized spacial score (nSPS) is 9.76. The predicted molar refractivity (Wildman–Crippen MR) is 75.6 cm³/mol. The molecule has 0 fully saturated rings. The Morgan fingerprint density at radius 1 is 0.714 bits per heavy atom. The van der Waals surface area contributed by atoms with Gasteiger partial charge in [-0.1, -0.05) is 0 Å². The summed E-state index contributed by atoms with van der Waals surface area (Å²) in [5.41, 5.74) is 5.97. The van der Waals surface area contributed by atoms with E-state index in [-0.39, 0.29) is 28.7 Å². The summed E-state index contributed by atoms with van der Waals surface area (Å²) in [6.07, 6.45) is 0.557. The Morgan fingerprint density at radius 3 is 1.71 bits per heavy atom. The summed E-state index contributed by atoms with van der Waals surface area (Å²) < 4.78 is 0. The van der Waals surface area contributed by atoms with Crippen LogP contribution < -0.4 is 5.73 Å². The number of benzene rings is 2. The number of nitrogens with two attached hydrogens (primary N) is 1. The molecule has 21 heavy (non-hydrogen) atoms. The number of phenolic OH excluding ortho intramolecular Hbond substituents is 6. The first kappa shape index (κ1) is 16.3. The molecule has 0 saturated heterocycles. The summed E-state index contributed by atoms with van der Waals surface area (Å²) in [6, 6.07) is 6.32. The molecule has 0 atom stereocenters. The second-order valence-electron chi connectivity index (χ2n) is 4.19. The van der Waals surface area contributed by atoms with Crippen LogP contribution in [0.3, 0.4) is 0 Å². The molecular formula is C14H17NO6. The van der Waals surface area contributed by atoms with Crippen LogP contribution in [0.1, 0.15) is 5.56 Å². The van der Waals surface area contributed by atoms with E-state index < -0.39 is 5.75 Å². The zero-order chi connectivity index (χ0) is 16.0. The van der Waals surface area contributed by atoms with Gasteiger partial charge in [-0.05, 0) is 42.8 Å². The third-order valence-electron chi connectivity index (χ3n) is 2.52. The average Bonchev–Trinajstić information content (AvgIpc) is 2.42. The molecule has 0 aliphatic carbocycles. The standard InChI is InChI=1S/C8H11NO3.C6H6O3/c9-2-1-5-3-6(10)8(12)7(11)4-5;7-4-1-2-5(8)6(9)3-4/h3-4,10-12H,1-2,9H2;1-3,7-9H. The van der Waals surface area contributed by atoms with Gasteiger partial charge in [0.25, 0.3) is 0 Å². The van der Waals surface area contributed by atoms with Crippen molar-refractivity contribution in [2.24, 2.45) is 5.73 Å². The van der Waals surface area contributed by atoms with Crippen LogP contribution in [0.4, 0.5) is 0 Å². The van der Waals surface area contributed by atoms with Gasteiger partial charge >= 0.3 is 0 Å². The van der Waals surface area contributed by atoms with Crippen LogP contribution in [0.5, 0.6) is 34.5 Å². The first-order valence-electron chi connectivity index (χ1n) is 6.00. The molecule has 0 bridgehead atoms. The van der Waals surface area contributed by atoms with Gasteiger partial charge in [-0.3, -0.25) is 0 Å². The molecule has 0 aromatic heterocycles. The maximum atomic E-state index is 9.06. The predicted octanol–water partition coefficient (Wildman–Crippen LogP) is 1.11. The summed E-state index contributed by atoms with van der Waals surface area (Å²) in [5, 5.41) is 53.1. The van der Waals surface area contributed by atoms with Crippen molar-refractivity contribution in [3.8, 4) is 34.5 Å². The zero-order valence-corrected chi connectivity index (χ0v) is 11.1. The van der Waals surface area contributed by atoms with Crippen LogP contribution >= 0.6 is 0 Å². The van der Waals surface area contributed by atoms with Crippen molar-refractivity contribution in [3.05, 3.63) is 35.9 Å². The summed E-state index contributed by atoms with van der Waals surface area (Å²) in [5.74, 6) is -1.74. The number of phenols is 6. The van der Waals surface area contributed by atoms with Gasteiger partial charge in [0.15, 0.2) is 28.7 Å². The van der Waals surface area contributed by atoms with E-state index >= 15 is 0 Å². The maximum Gasteiger partial charge on any atom is 0.200 e. The van der Waals surface area contributed by atoms with Crippen molar-refractivity contribution < 1.29 is 30.6 Å². The fourth-order valence-electron chi connectivity index (χ4n) is 1.48. The summed E-state index contributed by atoms with van der Waals surface area (Å²) in [4.78, 5) is 0. The van der Waals surface area contributed by atoms with Gasteiger partial charge in [-0.25, -0.2) is 0 Å². The van der Waals surface area contributed by atoms with E-state index in [1.54, 1.807) is 0 Å². The van der Waals surface area contributed by atoms with Gasteiger partial charge in [0.2, 0.25) is 0 Å². The molecule has 0 aliphatic heterocycles. The van der Waals surface area contributed by atoms with E-state index in [0.29, 0.717) is 18.5 Å². The molecule has 2 rings (SSSR count). The molecule has 0 spiro atoms. The number of rotatable bonds is 2. The smallest absolute Gasteiger partial charge is 0.200 e. The highest BCUT2D eigenvalue weighted by Gasteiger charge is 2.06. The molecule has 7 nitrogen and oxygen atoms in total. The molecule has 0 unspecified atom stereocenters. The number of hydrogen-bond acceptors (Lipinski definition) is 7. The maximum absolute atomic E-state index is 9.06. The van der Waals surface area contributed by atoms with Gasteiger partial charge < -0.3 is 36.4 Å². The lowest BCUT2D eigenvalue weighted by Gasteiger charge is -2.03. The molecule has 8 N–H and O–H groups in total.